The van der Waals surface area contributed by atoms with Crippen LogP contribution in [0.2, 0.25) is 0 Å². The lowest BCUT2D eigenvalue weighted by Crippen LogP contribution is -2.28. The Morgan fingerprint density at radius 1 is 1.41 bits per heavy atom. The largest absolute Gasteiger partial charge is 0.483 e. The van der Waals surface area contributed by atoms with Crippen molar-refractivity contribution < 1.29 is 9.53 Å². The highest BCUT2D eigenvalue weighted by Crippen LogP contribution is 2.28. The Kier molecular flexibility index (Phi) is 5.71. The fraction of sp³-hybridized carbons (Fsp3) is 0.400. The lowest BCUT2D eigenvalue weighted by Gasteiger charge is -2.15. The van der Waals surface area contributed by atoms with Crippen molar-refractivity contribution in [2.75, 3.05) is 12.3 Å². The number of aromatic nitrogens is 2. The molecule has 0 bridgehead atoms. The molecule has 0 spiro atoms. The fourth-order valence-corrected chi connectivity index (χ4v) is 2.49. The van der Waals surface area contributed by atoms with Gasteiger partial charge in [0.1, 0.15) is 10.8 Å². The molecular weight excluding hydrogens is 300 g/mol. The van der Waals surface area contributed by atoms with E-state index in [1.165, 1.54) is 11.3 Å². The third-order valence-electron chi connectivity index (χ3n) is 3.34. The van der Waals surface area contributed by atoms with Crippen LogP contribution in [0.25, 0.3) is 0 Å². The summed E-state index contributed by atoms with van der Waals surface area (Å²) in [5.74, 6) is 0.948. The number of hydrogen-bond donors (Lipinski definition) is 2. The van der Waals surface area contributed by atoms with Crippen molar-refractivity contribution in [2.45, 2.75) is 32.7 Å². The first-order chi connectivity index (χ1) is 10.6. The first-order valence-electron chi connectivity index (χ1n) is 7.16. The van der Waals surface area contributed by atoms with Gasteiger partial charge in [0.25, 0.3) is 5.91 Å². The van der Waals surface area contributed by atoms with E-state index in [1.807, 2.05) is 24.3 Å². The van der Waals surface area contributed by atoms with Crippen LogP contribution in [0.5, 0.6) is 5.75 Å². The van der Waals surface area contributed by atoms with Gasteiger partial charge in [-0.25, -0.2) is 0 Å². The number of carbonyl (C=O) groups is 1. The molecule has 1 aromatic carbocycles. The second kappa shape index (κ2) is 7.74. The molecule has 7 heteroatoms. The number of carbonyl (C=O) groups excluding carboxylic acids is 1. The zero-order valence-electron chi connectivity index (χ0n) is 12.7. The number of amides is 1. The number of anilines is 1. The van der Waals surface area contributed by atoms with E-state index in [0.717, 1.165) is 17.7 Å². The van der Waals surface area contributed by atoms with Gasteiger partial charge in [-0.2, -0.15) is 0 Å². The van der Waals surface area contributed by atoms with Gasteiger partial charge in [-0.05, 0) is 24.0 Å². The Labute approximate surface area is 133 Å². The molecule has 118 valence electrons. The first-order valence-corrected chi connectivity index (χ1v) is 7.98. The summed E-state index contributed by atoms with van der Waals surface area (Å²) in [4.78, 5) is 11.8. The predicted octanol–water partition coefficient (Wildman–Crippen LogP) is 2.33. The van der Waals surface area contributed by atoms with Crippen molar-refractivity contribution in [2.24, 2.45) is 0 Å². The molecule has 6 nitrogen and oxygen atoms in total. The van der Waals surface area contributed by atoms with Crippen LogP contribution in [0.4, 0.5) is 5.13 Å². The molecule has 0 aliphatic carbocycles. The number of nitrogens with zero attached hydrogens (tertiary/aromatic N) is 2. The molecule has 0 radical (unpaired) electrons. The highest BCUT2D eigenvalue weighted by Gasteiger charge is 2.11. The Bertz CT molecular complexity index is 630. The quantitative estimate of drug-likeness (QED) is 0.817. The van der Waals surface area contributed by atoms with E-state index in [0.29, 0.717) is 22.6 Å². The highest BCUT2D eigenvalue weighted by atomic mass is 32.1. The third kappa shape index (κ3) is 4.42. The van der Waals surface area contributed by atoms with Gasteiger partial charge in [-0.3, -0.25) is 4.79 Å². The minimum Gasteiger partial charge on any atom is -0.483 e. The molecule has 1 heterocycles. The van der Waals surface area contributed by atoms with Crippen LogP contribution in [-0.2, 0) is 11.3 Å². The maximum absolute atomic E-state index is 11.8. The molecule has 1 aromatic heterocycles. The molecule has 3 N–H and O–H groups in total. The van der Waals surface area contributed by atoms with Gasteiger partial charge in [0, 0.05) is 0 Å². The Morgan fingerprint density at radius 3 is 2.86 bits per heavy atom. The average molecular weight is 320 g/mol. The highest BCUT2D eigenvalue weighted by molar-refractivity contribution is 7.15. The van der Waals surface area contributed by atoms with Gasteiger partial charge in [-0.1, -0.05) is 43.4 Å². The molecule has 1 atom stereocenters. The van der Waals surface area contributed by atoms with Crippen LogP contribution < -0.4 is 15.8 Å². The number of rotatable bonds is 7. The SMILES string of the molecule is CCC(C)c1ccccc1OCC(=O)NCc1nnc(N)s1. The average Bonchev–Trinajstić information content (AvgIpc) is 2.96. The third-order valence-corrected chi connectivity index (χ3v) is 4.09. The Balaban J connectivity index is 1.86. The normalized spacial score (nSPS) is 11.9. The van der Waals surface area contributed by atoms with Gasteiger partial charge >= 0.3 is 0 Å². The molecule has 0 aliphatic rings. The van der Waals surface area contributed by atoms with Crippen LogP contribution in [0.1, 0.15) is 36.8 Å². The van der Waals surface area contributed by atoms with E-state index in [4.69, 9.17) is 10.5 Å². The molecule has 2 aromatic rings. The zero-order valence-corrected chi connectivity index (χ0v) is 13.5. The van der Waals surface area contributed by atoms with E-state index in [9.17, 15) is 4.79 Å². The van der Waals surface area contributed by atoms with Crippen LogP contribution in [0.15, 0.2) is 24.3 Å². The van der Waals surface area contributed by atoms with E-state index in [2.05, 4.69) is 29.4 Å². The zero-order chi connectivity index (χ0) is 15.9. The number of para-hydroxylation sites is 1. The molecule has 0 fully saturated rings. The van der Waals surface area contributed by atoms with Gasteiger partial charge in [0.2, 0.25) is 5.13 Å². The number of ether oxygens (including phenoxy) is 1. The van der Waals surface area contributed by atoms with E-state index < -0.39 is 0 Å². The molecule has 1 unspecified atom stereocenters. The molecule has 2 rings (SSSR count). The van der Waals surface area contributed by atoms with E-state index >= 15 is 0 Å². The minimum absolute atomic E-state index is 0.0261. The lowest BCUT2D eigenvalue weighted by molar-refractivity contribution is -0.123. The molecule has 0 saturated heterocycles. The molecular formula is C15H20N4O2S. The monoisotopic (exact) mass is 320 g/mol. The number of nitrogens with one attached hydrogen (secondary N) is 1. The summed E-state index contributed by atoms with van der Waals surface area (Å²) in [6, 6.07) is 7.81. The molecule has 0 aliphatic heterocycles. The summed E-state index contributed by atoms with van der Waals surface area (Å²) in [6.07, 6.45) is 1.02. The maximum atomic E-state index is 11.8. The molecule has 1 amide bonds. The fourth-order valence-electron chi connectivity index (χ4n) is 1.95. The number of nitrogen functional groups attached to an aromatic ring is 1. The lowest BCUT2D eigenvalue weighted by atomic mass is 9.98. The first kappa shape index (κ1) is 16.2. The van der Waals surface area contributed by atoms with Gasteiger partial charge in [-0.15, -0.1) is 10.2 Å². The number of hydrogen-bond acceptors (Lipinski definition) is 6. The smallest absolute Gasteiger partial charge is 0.258 e. The van der Waals surface area contributed by atoms with Crippen LogP contribution in [0, 0.1) is 0 Å². The van der Waals surface area contributed by atoms with Crippen molar-refractivity contribution in [1.82, 2.24) is 15.5 Å². The molecule has 0 saturated carbocycles. The topological polar surface area (TPSA) is 90.1 Å². The Hall–Kier alpha value is -2.15. The standard InChI is InChI=1S/C15H20N4O2S/c1-3-10(2)11-6-4-5-7-12(11)21-9-13(20)17-8-14-18-19-15(16)22-14/h4-7,10H,3,8-9H2,1-2H3,(H2,16,19)(H,17,20). The number of nitrogens with two attached hydrogens (primary N) is 1. The Morgan fingerprint density at radius 2 is 2.18 bits per heavy atom. The second-order valence-corrected chi connectivity index (χ2v) is 6.04. The summed E-state index contributed by atoms with van der Waals surface area (Å²) < 4.78 is 5.65. The summed E-state index contributed by atoms with van der Waals surface area (Å²) >= 11 is 1.25. The van der Waals surface area contributed by atoms with Gasteiger partial charge in [0.15, 0.2) is 6.61 Å². The summed E-state index contributed by atoms with van der Waals surface area (Å²) in [7, 11) is 0. The van der Waals surface area contributed by atoms with Crippen molar-refractivity contribution >= 4 is 22.4 Å². The van der Waals surface area contributed by atoms with Crippen LogP contribution in [0.3, 0.4) is 0 Å². The van der Waals surface area contributed by atoms with Crippen molar-refractivity contribution in [3.05, 3.63) is 34.8 Å². The van der Waals surface area contributed by atoms with E-state index in [1.54, 1.807) is 0 Å². The van der Waals surface area contributed by atoms with Crippen LogP contribution in [-0.4, -0.2) is 22.7 Å². The minimum atomic E-state index is -0.201. The van der Waals surface area contributed by atoms with Gasteiger partial charge < -0.3 is 15.8 Å². The molecule has 22 heavy (non-hydrogen) atoms. The maximum Gasteiger partial charge on any atom is 0.258 e. The summed E-state index contributed by atoms with van der Waals surface area (Å²) in [6.45, 7) is 4.55. The second-order valence-electron chi connectivity index (χ2n) is 4.95. The van der Waals surface area contributed by atoms with Crippen molar-refractivity contribution in [3.8, 4) is 5.75 Å². The van der Waals surface area contributed by atoms with Crippen molar-refractivity contribution in [3.63, 3.8) is 0 Å². The van der Waals surface area contributed by atoms with Crippen LogP contribution >= 0.6 is 11.3 Å². The number of benzene rings is 1. The van der Waals surface area contributed by atoms with Gasteiger partial charge in [0.05, 0.1) is 6.54 Å². The summed E-state index contributed by atoms with van der Waals surface area (Å²) in [5, 5.41) is 11.3. The summed E-state index contributed by atoms with van der Waals surface area (Å²) in [5.41, 5.74) is 6.61. The predicted molar refractivity (Wildman–Crippen MR) is 86.8 cm³/mol. The van der Waals surface area contributed by atoms with Crippen molar-refractivity contribution in [1.29, 1.82) is 0 Å². The van der Waals surface area contributed by atoms with E-state index in [-0.39, 0.29) is 12.5 Å².